The number of aromatic nitrogens is 2. The zero-order chi connectivity index (χ0) is 12.2. The summed E-state index contributed by atoms with van der Waals surface area (Å²) in [5.41, 5.74) is 0.805. The number of rotatable bonds is 1. The normalized spacial score (nSPS) is 10.7. The fraction of sp³-hybridized carbons (Fsp3) is 0.200. The molecular weight excluding hydrogens is 248 g/mol. The van der Waals surface area contributed by atoms with Gasteiger partial charge in [0.05, 0.1) is 5.52 Å². The van der Waals surface area contributed by atoms with Crippen molar-refractivity contribution >= 4 is 30.8 Å². The molecular formula is C10H11ClN2O2S. The monoisotopic (exact) mass is 258 g/mol. The summed E-state index contributed by atoms with van der Waals surface area (Å²) in [5, 5.41) is 0. The van der Waals surface area contributed by atoms with Crippen molar-refractivity contribution in [1.82, 2.24) is 9.97 Å². The topological polar surface area (TPSA) is 59.9 Å². The third kappa shape index (κ3) is 2.68. The van der Waals surface area contributed by atoms with Crippen LogP contribution in [0.3, 0.4) is 0 Å². The van der Waals surface area contributed by atoms with Crippen molar-refractivity contribution in [3.8, 4) is 0 Å². The van der Waals surface area contributed by atoms with Gasteiger partial charge in [-0.05, 0) is 12.1 Å². The molecule has 0 radical (unpaired) electrons. The van der Waals surface area contributed by atoms with E-state index >= 15 is 0 Å². The fourth-order valence-corrected chi connectivity index (χ4v) is 2.17. The Balaban J connectivity index is 0.000000606. The Labute approximate surface area is 98.7 Å². The van der Waals surface area contributed by atoms with E-state index < -0.39 is 9.05 Å². The lowest BCUT2D eigenvalue weighted by Crippen LogP contribution is -1.94. The molecule has 0 aliphatic rings. The maximum atomic E-state index is 11.1. The van der Waals surface area contributed by atoms with Crippen LogP contribution in [0, 0.1) is 0 Å². The van der Waals surface area contributed by atoms with Gasteiger partial charge >= 0.3 is 0 Å². The maximum Gasteiger partial charge on any atom is 0.263 e. The number of fused-ring (bicyclic) bond motifs is 1. The van der Waals surface area contributed by atoms with E-state index in [1.54, 1.807) is 12.1 Å². The lowest BCUT2D eigenvalue weighted by atomic mass is 10.3. The molecule has 6 heteroatoms. The van der Waals surface area contributed by atoms with E-state index in [9.17, 15) is 8.42 Å². The van der Waals surface area contributed by atoms with E-state index in [4.69, 9.17) is 10.7 Å². The largest absolute Gasteiger partial charge is 0.263 e. The van der Waals surface area contributed by atoms with Crippen LogP contribution >= 0.6 is 10.7 Å². The van der Waals surface area contributed by atoms with Gasteiger partial charge in [0.2, 0.25) is 0 Å². The second-order valence-electron chi connectivity index (χ2n) is 2.62. The van der Waals surface area contributed by atoms with E-state index in [2.05, 4.69) is 9.97 Å². The van der Waals surface area contributed by atoms with Gasteiger partial charge in [0.25, 0.3) is 9.05 Å². The number of nitrogens with zero attached hydrogens (tertiary/aromatic N) is 2. The second-order valence-corrected chi connectivity index (χ2v) is 5.15. The van der Waals surface area contributed by atoms with Crippen molar-refractivity contribution in [3.63, 3.8) is 0 Å². The fourth-order valence-electron chi connectivity index (χ4n) is 1.16. The highest BCUT2D eigenvalue weighted by Crippen LogP contribution is 2.21. The first kappa shape index (κ1) is 12.9. The molecule has 0 aliphatic carbocycles. The molecule has 0 saturated carbocycles. The first-order valence-electron chi connectivity index (χ1n) is 4.73. The van der Waals surface area contributed by atoms with Crippen molar-refractivity contribution < 1.29 is 8.42 Å². The molecule has 4 nitrogen and oxygen atoms in total. The Bertz CT molecular complexity index is 579. The van der Waals surface area contributed by atoms with E-state index in [1.165, 1.54) is 18.5 Å². The third-order valence-electron chi connectivity index (χ3n) is 1.72. The van der Waals surface area contributed by atoms with Crippen LogP contribution in [0.5, 0.6) is 0 Å². The van der Waals surface area contributed by atoms with Crippen LogP contribution in [0.25, 0.3) is 11.0 Å². The minimum Gasteiger partial charge on any atom is -0.253 e. The Morgan fingerprint density at radius 1 is 1.12 bits per heavy atom. The minimum atomic E-state index is -3.76. The molecule has 2 aromatic rings. The van der Waals surface area contributed by atoms with Gasteiger partial charge in [-0.1, -0.05) is 19.9 Å². The first-order valence-corrected chi connectivity index (χ1v) is 7.04. The lowest BCUT2D eigenvalue weighted by molar-refractivity contribution is 0.610. The number of halogens is 1. The molecule has 0 amide bonds. The van der Waals surface area contributed by atoms with Gasteiger partial charge in [-0.3, -0.25) is 9.97 Å². The average molecular weight is 259 g/mol. The predicted molar refractivity (Wildman–Crippen MR) is 63.9 cm³/mol. The zero-order valence-corrected chi connectivity index (χ0v) is 10.5. The Morgan fingerprint density at radius 2 is 1.75 bits per heavy atom. The number of benzene rings is 1. The van der Waals surface area contributed by atoms with Gasteiger partial charge in [0.15, 0.2) is 0 Å². The molecule has 0 aliphatic heterocycles. The maximum absolute atomic E-state index is 11.1. The minimum absolute atomic E-state index is 0.00948. The lowest BCUT2D eigenvalue weighted by Gasteiger charge is -1.99. The SMILES string of the molecule is CC.O=S(=O)(Cl)c1cccc2nccnc12. The van der Waals surface area contributed by atoms with E-state index in [-0.39, 0.29) is 4.90 Å². The quantitative estimate of drug-likeness (QED) is 0.738. The summed E-state index contributed by atoms with van der Waals surface area (Å²) in [4.78, 5) is 7.88. The number of hydrogen-bond donors (Lipinski definition) is 0. The molecule has 1 heterocycles. The summed E-state index contributed by atoms with van der Waals surface area (Å²) in [6.45, 7) is 4.00. The molecule has 0 saturated heterocycles. The van der Waals surface area contributed by atoms with Crippen LogP contribution in [0.4, 0.5) is 0 Å². The predicted octanol–water partition coefficient (Wildman–Crippen LogP) is 2.58. The highest BCUT2D eigenvalue weighted by molar-refractivity contribution is 8.14. The highest BCUT2D eigenvalue weighted by atomic mass is 35.7. The summed E-state index contributed by atoms with van der Waals surface area (Å²) in [6, 6.07) is 4.65. The summed E-state index contributed by atoms with van der Waals surface area (Å²) in [6.07, 6.45) is 2.92. The number of para-hydroxylation sites is 1. The molecule has 1 aromatic heterocycles. The summed E-state index contributed by atoms with van der Waals surface area (Å²) in [7, 11) is 1.48. The van der Waals surface area contributed by atoms with Crippen LogP contribution in [0.2, 0.25) is 0 Å². The Morgan fingerprint density at radius 3 is 2.38 bits per heavy atom. The van der Waals surface area contributed by atoms with Gasteiger partial charge in [-0.25, -0.2) is 8.42 Å². The summed E-state index contributed by atoms with van der Waals surface area (Å²) < 4.78 is 22.3. The molecule has 1 aromatic carbocycles. The molecule has 0 fully saturated rings. The molecule has 86 valence electrons. The summed E-state index contributed by atoms with van der Waals surface area (Å²) >= 11 is 0. The first-order chi connectivity index (χ1) is 7.59. The summed E-state index contributed by atoms with van der Waals surface area (Å²) in [5.74, 6) is 0. The van der Waals surface area contributed by atoms with Gasteiger partial charge in [0.1, 0.15) is 10.4 Å². The molecule has 0 N–H and O–H groups in total. The molecule has 0 spiro atoms. The number of hydrogen-bond acceptors (Lipinski definition) is 4. The van der Waals surface area contributed by atoms with E-state index in [0.717, 1.165) is 0 Å². The third-order valence-corrected chi connectivity index (χ3v) is 3.08. The Kier molecular flexibility index (Phi) is 4.20. The Hall–Kier alpha value is -1.20. The van der Waals surface area contributed by atoms with Crippen LogP contribution in [-0.4, -0.2) is 18.4 Å². The standard InChI is InChI=1S/C8H5ClN2O2S.C2H6/c9-14(12,13)7-3-1-2-6-8(7)11-5-4-10-6;1-2/h1-5H;1-2H3. The molecule has 0 atom stereocenters. The van der Waals surface area contributed by atoms with Gasteiger partial charge < -0.3 is 0 Å². The average Bonchev–Trinajstić information content (AvgIpc) is 2.30. The van der Waals surface area contributed by atoms with Crippen molar-refractivity contribution in [2.24, 2.45) is 0 Å². The zero-order valence-electron chi connectivity index (χ0n) is 8.88. The molecule has 0 bridgehead atoms. The van der Waals surface area contributed by atoms with Crippen molar-refractivity contribution in [2.75, 3.05) is 0 Å². The van der Waals surface area contributed by atoms with Gasteiger partial charge in [0, 0.05) is 23.1 Å². The van der Waals surface area contributed by atoms with Crippen LogP contribution in [-0.2, 0) is 9.05 Å². The smallest absolute Gasteiger partial charge is 0.253 e. The second kappa shape index (κ2) is 5.23. The van der Waals surface area contributed by atoms with Crippen molar-refractivity contribution in [2.45, 2.75) is 18.7 Å². The van der Waals surface area contributed by atoms with Crippen LogP contribution < -0.4 is 0 Å². The van der Waals surface area contributed by atoms with Gasteiger partial charge in [-0.15, -0.1) is 0 Å². The van der Waals surface area contributed by atoms with Crippen molar-refractivity contribution in [3.05, 3.63) is 30.6 Å². The molecule has 2 rings (SSSR count). The van der Waals surface area contributed by atoms with Crippen molar-refractivity contribution in [1.29, 1.82) is 0 Å². The van der Waals surface area contributed by atoms with Crippen LogP contribution in [0.1, 0.15) is 13.8 Å². The molecule has 0 unspecified atom stereocenters. The van der Waals surface area contributed by atoms with E-state index in [1.807, 2.05) is 13.8 Å². The molecule has 16 heavy (non-hydrogen) atoms. The van der Waals surface area contributed by atoms with E-state index in [0.29, 0.717) is 11.0 Å². The highest BCUT2D eigenvalue weighted by Gasteiger charge is 2.14. The van der Waals surface area contributed by atoms with Crippen LogP contribution in [0.15, 0.2) is 35.5 Å². The van der Waals surface area contributed by atoms with Gasteiger partial charge in [-0.2, -0.15) is 0 Å².